The van der Waals surface area contributed by atoms with Crippen LogP contribution >= 0.6 is 0 Å². The van der Waals surface area contributed by atoms with E-state index in [2.05, 4.69) is 16.6 Å². The quantitative estimate of drug-likeness (QED) is 0.493. The van der Waals surface area contributed by atoms with E-state index < -0.39 is 5.97 Å². The van der Waals surface area contributed by atoms with Gasteiger partial charge in [0.2, 0.25) is 0 Å². The molecule has 2 rings (SSSR count). The summed E-state index contributed by atoms with van der Waals surface area (Å²) in [5, 5.41) is 2.15. The summed E-state index contributed by atoms with van der Waals surface area (Å²) in [6.45, 7) is 0. The number of rotatable bonds is 0. The molecule has 0 N–H and O–H groups in total. The number of ether oxygens (including phenoxy) is 1. The number of carbonyl (C=O) groups excluding carboxylic acids is 1. The Bertz CT molecular complexity index is 583. The monoisotopic (exact) mass is 210 g/mol. The van der Waals surface area contributed by atoms with Gasteiger partial charge in [-0.05, 0) is 16.8 Å². The Morgan fingerprint density at radius 3 is 2.69 bits per heavy atom. The van der Waals surface area contributed by atoms with E-state index in [4.69, 9.17) is 0 Å². The molecule has 0 aromatic heterocycles. The second kappa shape index (κ2) is 4.50. The maximum atomic E-state index is 10.9. The molecule has 0 spiro atoms. The molecule has 0 atom stereocenters. The molecular formula is C14H10O2. The van der Waals surface area contributed by atoms with Crippen LogP contribution in [0.4, 0.5) is 0 Å². The van der Waals surface area contributed by atoms with E-state index in [1.165, 1.54) is 7.11 Å². The smallest absolute Gasteiger partial charge is 0.384 e. The summed E-state index contributed by atoms with van der Waals surface area (Å²) in [5.74, 6) is 4.72. The van der Waals surface area contributed by atoms with Crippen molar-refractivity contribution in [3.63, 3.8) is 0 Å². The van der Waals surface area contributed by atoms with Crippen molar-refractivity contribution >= 4 is 16.7 Å². The molecular weight excluding hydrogens is 200 g/mol. The number of carbonyl (C=O) groups is 1. The van der Waals surface area contributed by atoms with Crippen molar-refractivity contribution in [1.29, 1.82) is 0 Å². The Morgan fingerprint density at radius 1 is 1.12 bits per heavy atom. The Labute approximate surface area is 93.8 Å². The van der Waals surface area contributed by atoms with Crippen molar-refractivity contribution < 1.29 is 9.53 Å². The van der Waals surface area contributed by atoms with Crippen molar-refractivity contribution in [2.24, 2.45) is 0 Å². The Morgan fingerprint density at radius 2 is 1.88 bits per heavy atom. The number of fused-ring (bicyclic) bond motifs is 1. The maximum Gasteiger partial charge on any atom is 0.384 e. The lowest BCUT2D eigenvalue weighted by Gasteiger charge is -1.98. The Kier molecular flexibility index (Phi) is 2.88. The summed E-state index contributed by atoms with van der Waals surface area (Å²) < 4.78 is 4.47. The van der Waals surface area contributed by atoms with E-state index in [9.17, 15) is 4.79 Å². The van der Waals surface area contributed by atoms with Crippen LogP contribution < -0.4 is 0 Å². The summed E-state index contributed by atoms with van der Waals surface area (Å²) in [6.07, 6.45) is 0. The minimum Gasteiger partial charge on any atom is -0.459 e. The van der Waals surface area contributed by atoms with Gasteiger partial charge < -0.3 is 4.74 Å². The van der Waals surface area contributed by atoms with Gasteiger partial charge in [0.1, 0.15) is 0 Å². The SMILES string of the molecule is COC(=O)C#Cc1cccc2ccccc12. The number of hydrogen-bond acceptors (Lipinski definition) is 2. The molecule has 0 radical (unpaired) electrons. The molecule has 78 valence electrons. The first-order valence-electron chi connectivity index (χ1n) is 4.89. The van der Waals surface area contributed by atoms with Crippen LogP contribution in [0.25, 0.3) is 10.8 Å². The Balaban J connectivity index is 2.51. The predicted octanol–water partition coefficient (Wildman–Crippen LogP) is 2.36. The second-order valence-electron chi connectivity index (χ2n) is 3.27. The Hall–Kier alpha value is -2.27. The van der Waals surface area contributed by atoms with Crippen molar-refractivity contribution in [1.82, 2.24) is 0 Å². The first-order valence-corrected chi connectivity index (χ1v) is 4.89. The van der Waals surface area contributed by atoms with Gasteiger partial charge in [-0.15, -0.1) is 0 Å². The zero-order valence-corrected chi connectivity index (χ0v) is 8.86. The van der Waals surface area contributed by atoms with Crippen LogP contribution in [0.2, 0.25) is 0 Å². The highest BCUT2D eigenvalue weighted by Crippen LogP contribution is 2.17. The van der Waals surface area contributed by atoms with Crippen LogP contribution in [0, 0.1) is 11.8 Å². The number of methoxy groups -OCH3 is 1. The highest BCUT2D eigenvalue weighted by atomic mass is 16.5. The maximum absolute atomic E-state index is 10.9. The minimum atomic E-state index is -0.520. The lowest BCUT2D eigenvalue weighted by molar-refractivity contribution is -0.133. The van der Waals surface area contributed by atoms with E-state index >= 15 is 0 Å². The molecule has 0 aliphatic rings. The first kappa shape index (κ1) is 10.3. The van der Waals surface area contributed by atoms with Gasteiger partial charge in [0.15, 0.2) is 0 Å². The van der Waals surface area contributed by atoms with Crippen molar-refractivity contribution in [2.75, 3.05) is 7.11 Å². The zero-order chi connectivity index (χ0) is 11.4. The van der Waals surface area contributed by atoms with E-state index in [1.807, 2.05) is 42.5 Å². The lowest BCUT2D eigenvalue weighted by atomic mass is 10.1. The highest BCUT2D eigenvalue weighted by Gasteiger charge is 1.97. The topological polar surface area (TPSA) is 26.3 Å². The average Bonchev–Trinajstić information content (AvgIpc) is 2.35. The van der Waals surface area contributed by atoms with Gasteiger partial charge in [0, 0.05) is 11.5 Å². The highest BCUT2D eigenvalue weighted by molar-refractivity contribution is 5.92. The largest absolute Gasteiger partial charge is 0.459 e. The molecule has 0 saturated carbocycles. The fourth-order valence-corrected chi connectivity index (χ4v) is 1.50. The van der Waals surface area contributed by atoms with Gasteiger partial charge in [-0.1, -0.05) is 42.3 Å². The minimum absolute atomic E-state index is 0.520. The van der Waals surface area contributed by atoms with E-state index in [0.29, 0.717) is 0 Å². The van der Waals surface area contributed by atoms with Crippen LogP contribution in [0.15, 0.2) is 42.5 Å². The molecule has 2 aromatic rings. The fourth-order valence-electron chi connectivity index (χ4n) is 1.50. The lowest BCUT2D eigenvalue weighted by Crippen LogP contribution is -1.94. The zero-order valence-electron chi connectivity index (χ0n) is 8.86. The van der Waals surface area contributed by atoms with Gasteiger partial charge in [-0.3, -0.25) is 0 Å². The van der Waals surface area contributed by atoms with Crippen LogP contribution in [0.5, 0.6) is 0 Å². The molecule has 0 aliphatic carbocycles. The molecule has 2 heteroatoms. The summed E-state index contributed by atoms with van der Waals surface area (Å²) in [5.41, 5.74) is 0.837. The first-order chi connectivity index (χ1) is 7.81. The third-order valence-corrected chi connectivity index (χ3v) is 2.27. The van der Waals surface area contributed by atoms with E-state index in [1.54, 1.807) is 0 Å². The summed E-state index contributed by atoms with van der Waals surface area (Å²) in [7, 11) is 1.32. The van der Waals surface area contributed by atoms with Crippen molar-refractivity contribution in [3.8, 4) is 11.8 Å². The number of hydrogen-bond donors (Lipinski definition) is 0. The standard InChI is InChI=1S/C14H10O2/c1-16-14(15)10-9-12-7-4-6-11-5-2-3-8-13(11)12/h2-8H,1H3. The molecule has 2 nitrogen and oxygen atoms in total. The average molecular weight is 210 g/mol. The van der Waals surface area contributed by atoms with Gasteiger partial charge in [0.25, 0.3) is 0 Å². The molecule has 0 unspecified atom stereocenters. The predicted molar refractivity (Wildman–Crippen MR) is 62.8 cm³/mol. The number of esters is 1. The van der Waals surface area contributed by atoms with Crippen molar-refractivity contribution in [3.05, 3.63) is 48.0 Å². The molecule has 0 saturated heterocycles. The van der Waals surface area contributed by atoms with Gasteiger partial charge in [-0.2, -0.15) is 0 Å². The van der Waals surface area contributed by atoms with Crippen LogP contribution in [-0.2, 0) is 9.53 Å². The molecule has 16 heavy (non-hydrogen) atoms. The molecule has 0 fully saturated rings. The molecule has 2 aromatic carbocycles. The third-order valence-electron chi connectivity index (χ3n) is 2.27. The normalized spacial score (nSPS) is 9.31. The molecule has 0 amide bonds. The number of benzene rings is 2. The van der Waals surface area contributed by atoms with E-state index in [0.717, 1.165) is 16.3 Å². The molecule has 0 heterocycles. The molecule has 0 aliphatic heterocycles. The van der Waals surface area contributed by atoms with Gasteiger partial charge in [-0.25, -0.2) is 4.79 Å². The third kappa shape index (κ3) is 2.04. The van der Waals surface area contributed by atoms with Gasteiger partial charge in [0.05, 0.1) is 7.11 Å². The van der Waals surface area contributed by atoms with Crippen LogP contribution in [0.3, 0.4) is 0 Å². The summed E-state index contributed by atoms with van der Waals surface area (Å²) in [6, 6.07) is 13.7. The van der Waals surface area contributed by atoms with Gasteiger partial charge >= 0.3 is 5.97 Å². The fraction of sp³-hybridized carbons (Fsp3) is 0.0714. The second-order valence-corrected chi connectivity index (χ2v) is 3.27. The van der Waals surface area contributed by atoms with Crippen LogP contribution in [0.1, 0.15) is 5.56 Å². The van der Waals surface area contributed by atoms with Crippen molar-refractivity contribution in [2.45, 2.75) is 0 Å². The van der Waals surface area contributed by atoms with Crippen LogP contribution in [-0.4, -0.2) is 13.1 Å². The van der Waals surface area contributed by atoms with E-state index in [-0.39, 0.29) is 0 Å². The summed E-state index contributed by atoms with van der Waals surface area (Å²) in [4.78, 5) is 10.9. The molecule has 0 bridgehead atoms. The summed E-state index contributed by atoms with van der Waals surface area (Å²) >= 11 is 0.